The van der Waals surface area contributed by atoms with Crippen LogP contribution in [-0.4, -0.2) is 37.8 Å². The van der Waals surface area contributed by atoms with Crippen molar-refractivity contribution in [1.29, 1.82) is 0 Å². The van der Waals surface area contributed by atoms with E-state index in [4.69, 9.17) is 9.47 Å². The fourth-order valence-electron chi connectivity index (χ4n) is 3.16. The number of rotatable bonds is 3. The predicted octanol–water partition coefficient (Wildman–Crippen LogP) is 4.05. The SMILES string of the molecule is COc1ccc(-n2cc(-c3ccccc3F)nn2)cc1.Cc1cn2c(n1)OC(C)C2. The van der Waals surface area contributed by atoms with Crippen LogP contribution >= 0.6 is 0 Å². The minimum atomic E-state index is -0.311. The van der Waals surface area contributed by atoms with Crippen molar-refractivity contribution < 1.29 is 13.9 Å². The van der Waals surface area contributed by atoms with Crippen LogP contribution in [0.3, 0.4) is 0 Å². The molecular weight excluding hydrogens is 385 g/mol. The van der Waals surface area contributed by atoms with E-state index < -0.39 is 0 Å². The zero-order chi connectivity index (χ0) is 21.1. The van der Waals surface area contributed by atoms with Crippen LogP contribution in [-0.2, 0) is 6.54 Å². The number of hydrogen-bond donors (Lipinski definition) is 0. The van der Waals surface area contributed by atoms with Crippen LogP contribution in [0.2, 0.25) is 0 Å². The summed E-state index contributed by atoms with van der Waals surface area (Å²) >= 11 is 0. The zero-order valence-corrected chi connectivity index (χ0v) is 17.0. The average Bonchev–Trinajstić information content (AvgIpc) is 3.44. The van der Waals surface area contributed by atoms with Gasteiger partial charge in [0.05, 0.1) is 31.2 Å². The molecule has 7 nitrogen and oxygen atoms in total. The summed E-state index contributed by atoms with van der Waals surface area (Å²) in [7, 11) is 1.61. The minimum Gasteiger partial charge on any atom is -0.497 e. The summed E-state index contributed by atoms with van der Waals surface area (Å²) in [6, 6.07) is 14.7. The highest BCUT2D eigenvalue weighted by molar-refractivity contribution is 5.58. The lowest BCUT2D eigenvalue weighted by atomic mass is 10.1. The molecular formula is C22H22FN5O2. The molecule has 0 bridgehead atoms. The molecule has 2 aromatic heterocycles. The summed E-state index contributed by atoms with van der Waals surface area (Å²) in [5.74, 6) is 0.456. The van der Waals surface area contributed by atoms with Crippen molar-refractivity contribution in [3.8, 4) is 28.7 Å². The van der Waals surface area contributed by atoms with E-state index in [9.17, 15) is 4.39 Å². The Kier molecular flexibility index (Phi) is 5.47. The Morgan fingerprint density at radius 2 is 1.87 bits per heavy atom. The molecule has 4 aromatic rings. The molecule has 0 fully saturated rings. The quantitative estimate of drug-likeness (QED) is 0.513. The van der Waals surface area contributed by atoms with Gasteiger partial charge in [-0.1, -0.05) is 17.3 Å². The van der Waals surface area contributed by atoms with Crippen molar-refractivity contribution >= 4 is 0 Å². The number of aryl methyl sites for hydroxylation is 1. The maximum absolute atomic E-state index is 13.7. The molecule has 1 aliphatic rings. The standard InChI is InChI=1S/C15H12FN3O.C7H10N2O/c1-20-12-8-6-11(7-9-12)19-10-15(17-18-19)13-4-2-3-5-14(13)16;1-5-3-9-4-6(2)10-7(9)8-5/h2-10H,1H3;3,6H,4H2,1-2H3. The van der Waals surface area contributed by atoms with E-state index >= 15 is 0 Å². The molecule has 0 N–H and O–H groups in total. The molecule has 0 radical (unpaired) electrons. The Labute approximate surface area is 173 Å². The second-order valence-electron chi connectivity index (χ2n) is 6.97. The van der Waals surface area contributed by atoms with Gasteiger partial charge in [-0.2, -0.15) is 0 Å². The fraction of sp³-hybridized carbons (Fsp3) is 0.227. The highest BCUT2D eigenvalue weighted by Gasteiger charge is 2.19. The van der Waals surface area contributed by atoms with Gasteiger partial charge in [0.2, 0.25) is 0 Å². The second-order valence-corrected chi connectivity index (χ2v) is 6.97. The van der Waals surface area contributed by atoms with Gasteiger partial charge >= 0.3 is 0 Å². The Balaban J connectivity index is 0.000000181. The van der Waals surface area contributed by atoms with Crippen molar-refractivity contribution in [3.05, 3.63) is 72.4 Å². The number of imidazole rings is 1. The number of aromatic nitrogens is 5. The first-order valence-electron chi connectivity index (χ1n) is 9.55. The molecule has 30 heavy (non-hydrogen) atoms. The van der Waals surface area contributed by atoms with Crippen LogP contribution in [0.1, 0.15) is 12.6 Å². The Morgan fingerprint density at radius 1 is 1.10 bits per heavy atom. The van der Waals surface area contributed by atoms with Crippen LogP contribution < -0.4 is 9.47 Å². The monoisotopic (exact) mass is 407 g/mol. The van der Waals surface area contributed by atoms with Gasteiger partial charge < -0.3 is 9.47 Å². The Hall–Kier alpha value is -3.68. The summed E-state index contributed by atoms with van der Waals surface area (Å²) < 4.78 is 27.8. The topological polar surface area (TPSA) is 67.0 Å². The highest BCUT2D eigenvalue weighted by Crippen LogP contribution is 2.22. The molecule has 8 heteroatoms. The van der Waals surface area contributed by atoms with Crippen molar-refractivity contribution in [2.45, 2.75) is 26.5 Å². The zero-order valence-electron chi connectivity index (χ0n) is 17.0. The highest BCUT2D eigenvalue weighted by atomic mass is 19.1. The third-order valence-electron chi connectivity index (χ3n) is 4.60. The van der Waals surface area contributed by atoms with Gasteiger partial charge in [-0.15, -0.1) is 5.10 Å². The number of benzene rings is 2. The smallest absolute Gasteiger partial charge is 0.296 e. The Morgan fingerprint density at radius 3 is 2.57 bits per heavy atom. The predicted molar refractivity (Wildman–Crippen MR) is 110 cm³/mol. The lowest BCUT2D eigenvalue weighted by Gasteiger charge is -2.02. The summed E-state index contributed by atoms with van der Waals surface area (Å²) in [4.78, 5) is 4.18. The van der Waals surface area contributed by atoms with Gasteiger partial charge in [0.1, 0.15) is 23.4 Å². The molecule has 0 saturated carbocycles. The second kappa shape index (κ2) is 8.36. The summed E-state index contributed by atoms with van der Waals surface area (Å²) in [5.41, 5.74) is 2.80. The molecule has 0 aliphatic carbocycles. The van der Waals surface area contributed by atoms with Crippen molar-refractivity contribution in [2.75, 3.05) is 7.11 Å². The van der Waals surface area contributed by atoms with Crippen LogP contribution in [0.4, 0.5) is 4.39 Å². The Bertz CT molecular complexity index is 1110. The largest absolute Gasteiger partial charge is 0.497 e. The molecule has 0 saturated heterocycles. The van der Waals surface area contributed by atoms with Gasteiger partial charge in [-0.25, -0.2) is 14.1 Å². The normalized spacial score (nSPS) is 14.5. The molecule has 5 rings (SSSR count). The van der Waals surface area contributed by atoms with E-state index in [2.05, 4.69) is 15.3 Å². The summed E-state index contributed by atoms with van der Waals surface area (Å²) in [6.07, 6.45) is 4.00. The molecule has 1 aliphatic heterocycles. The van der Waals surface area contributed by atoms with E-state index in [-0.39, 0.29) is 5.82 Å². The summed E-state index contributed by atoms with van der Waals surface area (Å²) in [5, 5.41) is 8.03. The van der Waals surface area contributed by atoms with E-state index in [1.807, 2.05) is 48.9 Å². The first kappa shape index (κ1) is 19.6. The first-order chi connectivity index (χ1) is 14.5. The number of fused-ring (bicyclic) bond motifs is 1. The molecule has 2 aromatic carbocycles. The van der Waals surface area contributed by atoms with Crippen molar-refractivity contribution in [1.82, 2.24) is 24.5 Å². The number of ether oxygens (including phenoxy) is 2. The van der Waals surface area contributed by atoms with Gasteiger partial charge in [-0.05, 0) is 50.2 Å². The first-order valence-corrected chi connectivity index (χ1v) is 9.55. The van der Waals surface area contributed by atoms with Gasteiger partial charge in [-0.3, -0.25) is 4.57 Å². The van der Waals surface area contributed by atoms with Gasteiger partial charge in [0.25, 0.3) is 6.01 Å². The number of methoxy groups -OCH3 is 1. The fourth-order valence-corrected chi connectivity index (χ4v) is 3.16. The average molecular weight is 407 g/mol. The minimum absolute atomic E-state index is 0.295. The third-order valence-corrected chi connectivity index (χ3v) is 4.60. The third kappa shape index (κ3) is 4.17. The van der Waals surface area contributed by atoms with Crippen LogP contribution in [0.15, 0.2) is 60.9 Å². The number of nitrogens with zero attached hydrogens (tertiary/aromatic N) is 5. The van der Waals surface area contributed by atoms with E-state index in [1.165, 1.54) is 6.07 Å². The molecule has 1 unspecified atom stereocenters. The maximum Gasteiger partial charge on any atom is 0.296 e. The van der Waals surface area contributed by atoms with Crippen LogP contribution in [0.5, 0.6) is 11.8 Å². The van der Waals surface area contributed by atoms with E-state index in [0.717, 1.165) is 29.7 Å². The van der Waals surface area contributed by atoms with Crippen molar-refractivity contribution in [3.63, 3.8) is 0 Å². The molecule has 0 amide bonds. The summed E-state index contributed by atoms with van der Waals surface area (Å²) in [6.45, 7) is 4.96. The van der Waals surface area contributed by atoms with Crippen LogP contribution in [0.25, 0.3) is 16.9 Å². The van der Waals surface area contributed by atoms with Gasteiger partial charge in [0.15, 0.2) is 0 Å². The lowest BCUT2D eigenvalue weighted by Crippen LogP contribution is -2.08. The van der Waals surface area contributed by atoms with E-state index in [0.29, 0.717) is 17.4 Å². The van der Waals surface area contributed by atoms with Gasteiger partial charge in [0, 0.05) is 11.8 Å². The van der Waals surface area contributed by atoms with Crippen LogP contribution in [0, 0.1) is 12.7 Å². The molecule has 0 spiro atoms. The van der Waals surface area contributed by atoms with Crippen molar-refractivity contribution in [2.24, 2.45) is 0 Å². The van der Waals surface area contributed by atoms with E-state index in [1.54, 1.807) is 36.2 Å². The molecule has 1 atom stereocenters. The molecule has 154 valence electrons. The lowest BCUT2D eigenvalue weighted by molar-refractivity contribution is 0.245. The number of hydrogen-bond acceptors (Lipinski definition) is 5. The molecule has 3 heterocycles. The maximum atomic E-state index is 13.7. The number of halogens is 1.